The zero-order valence-corrected chi connectivity index (χ0v) is 38.8. The summed E-state index contributed by atoms with van der Waals surface area (Å²) in [7, 11) is 0. The summed E-state index contributed by atoms with van der Waals surface area (Å²) in [6.45, 7) is 13.2. The number of phenols is 1. The SMILES string of the molecule is CC(C)(C)c1cc(-c2nc3c(-c4cc(-c5ccccc5)cc(-c5nccc6c5c5ccccc5n6-c5ccccc5)c4)cccc3n2-c2ccccc2-c2ccccc2)c(O)c(C(C)(C)C)c1. The Morgan fingerprint density at radius 2 is 1.06 bits per heavy atom. The molecule has 0 saturated carbocycles. The normalized spacial score (nSPS) is 12.1. The second-order valence-electron chi connectivity index (χ2n) is 19.7. The third kappa shape index (κ3) is 7.28. The van der Waals surface area contributed by atoms with Crippen molar-refractivity contribution in [2.45, 2.75) is 52.4 Å². The Hall–Kier alpha value is -8.02. The number of nitrogens with zero attached hydrogens (tertiary/aromatic N) is 4. The quantitative estimate of drug-likeness (QED) is 0.174. The molecule has 0 aliphatic heterocycles. The maximum absolute atomic E-state index is 12.5. The van der Waals surface area contributed by atoms with Crippen LogP contribution in [-0.2, 0) is 10.8 Å². The van der Waals surface area contributed by atoms with Crippen molar-refractivity contribution in [2.75, 3.05) is 0 Å². The number of pyridine rings is 1. The minimum Gasteiger partial charge on any atom is -0.507 e. The molecule has 5 nitrogen and oxygen atoms in total. The van der Waals surface area contributed by atoms with E-state index in [0.717, 1.165) is 100.0 Å². The van der Waals surface area contributed by atoms with Gasteiger partial charge in [-0.15, -0.1) is 0 Å². The minimum atomic E-state index is -0.331. The molecule has 0 unspecified atom stereocenters. The number of phenolic OH excluding ortho intramolecular Hbond substituents is 1. The number of imidazole rings is 1. The van der Waals surface area contributed by atoms with Crippen molar-refractivity contribution in [3.63, 3.8) is 0 Å². The molecular formula is C62H52N4O. The number of hydrogen-bond acceptors (Lipinski definition) is 3. The summed E-state index contributed by atoms with van der Waals surface area (Å²) in [5, 5.41) is 14.8. The van der Waals surface area contributed by atoms with E-state index < -0.39 is 0 Å². The third-order valence-corrected chi connectivity index (χ3v) is 13.2. The Morgan fingerprint density at radius 3 is 1.79 bits per heavy atom. The maximum Gasteiger partial charge on any atom is 0.149 e. The molecule has 0 radical (unpaired) electrons. The van der Waals surface area contributed by atoms with Crippen LogP contribution < -0.4 is 0 Å². The van der Waals surface area contributed by atoms with Crippen molar-refractivity contribution < 1.29 is 5.11 Å². The number of aromatic hydroxyl groups is 1. The molecule has 3 aromatic heterocycles. The lowest BCUT2D eigenvalue weighted by atomic mass is 9.79. The molecule has 11 aromatic rings. The average molecular weight is 869 g/mol. The van der Waals surface area contributed by atoms with Gasteiger partial charge in [0, 0.05) is 44.9 Å². The van der Waals surface area contributed by atoms with Crippen molar-refractivity contribution in [3.05, 3.63) is 211 Å². The lowest BCUT2D eigenvalue weighted by molar-refractivity contribution is 0.446. The van der Waals surface area contributed by atoms with E-state index in [1.807, 2.05) is 6.20 Å². The smallest absolute Gasteiger partial charge is 0.149 e. The molecule has 0 bridgehead atoms. The largest absolute Gasteiger partial charge is 0.507 e. The van der Waals surface area contributed by atoms with Gasteiger partial charge < -0.3 is 9.67 Å². The van der Waals surface area contributed by atoms with E-state index in [1.165, 1.54) is 0 Å². The molecule has 0 aliphatic rings. The van der Waals surface area contributed by atoms with Crippen LogP contribution in [0.25, 0.3) is 100 Å². The van der Waals surface area contributed by atoms with Crippen LogP contribution in [0.1, 0.15) is 52.7 Å². The fourth-order valence-corrected chi connectivity index (χ4v) is 9.80. The Bertz CT molecular complexity index is 3640. The summed E-state index contributed by atoms with van der Waals surface area (Å²) >= 11 is 0. The van der Waals surface area contributed by atoms with Crippen molar-refractivity contribution in [2.24, 2.45) is 0 Å². The van der Waals surface area contributed by atoms with E-state index in [4.69, 9.17) is 9.97 Å². The third-order valence-electron chi connectivity index (χ3n) is 13.2. The molecular weight excluding hydrogens is 817 g/mol. The molecule has 0 atom stereocenters. The maximum atomic E-state index is 12.5. The summed E-state index contributed by atoms with van der Waals surface area (Å²) in [6, 6.07) is 68.6. The van der Waals surface area contributed by atoms with E-state index in [0.29, 0.717) is 11.4 Å². The molecule has 67 heavy (non-hydrogen) atoms. The molecule has 5 heteroatoms. The molecule has 11 rings (SSSR count). The second-order valence-corrected chi connectivity index (χ2v) is 19.7. The van der Waals surface area contributed by atoms with Gasteiger partial charge in [0.15, 0.2) is 0 Å². The van der Waals surface area contributed by atoms with E-state index in [2.05, 4.69) is 245 Å². The number of aromatic nitrogens is 4. The lowest BCUT2D eigenvalue weighted by Crippen LogP contribution is -2.17. The Kier molecular flexibility index (Phi) is 10.0. The second kappa shape index (κ2) is 16.1. The molecule has 1 N–H and O–H groups in total. The van der Waals surface area contributed by atoms with Gasteiger partial charge in [-0.1, -0.05) is 175 Å². The fourth-order valence-electron chi connectivity index (χ4n) is 9.80. The van der Waals surface area contributed by atoms with Crippen LogP contribution in [-0.4, -0.2) is 24.2 Å². The summed E-state index contributed by atoms with van der Waals surface area (Å²) in [4.78, 5) is 10.9. The summed E-state index contributed by atoms with van der Waals surface area (Å²) in [5.74, 6) is 0.928. The van der Waals surface area contributed by atoms with Gasteiger partial charge in [-0.25, -0.2) is 4.98 Å². The zero-order chi connectivity index (χ0) is 46.0. The summed E-state index contributed by atoms with van der Waals surface area (Å²) < 4.78 is 4.60. The first-order chi connectivity index (χ1) is 32.4. The topological polar surface area (TPSA) is 55.9 Å². The van der Waals surface area contributed by atoms with Gasteiger partial charge in [0.2, 0.25) is 0 Å². The predicted molar refractivity (Wildman–Crippen MR) is 279 cm³/mol. The molecule has 0 aliphatic carbocycles. The van der Waals surface area contributed by atoms with E-state index >= 15 is 0 Å². The zero-order valence-electron chi connectivity index (χ0n) is 38.8. The number of rotatable bonds is 7. The van der Waals surface area contributed by atoms with Gasteiger partial charge in [-0.3, -0.25) is 9.55 Å². The molecule has 0 spiro atoms. The van der Waals surface area contributed by atoms with Gasteiger partial charge in [0.1, 0.15) is 11.6 Å². The summed E-state index contributed by atoms with van der Waals surface area (Å²) in [5.41, 5.74) is 16.6. The highest BCUT2D eigenvalue weighted by atomic mass is 16.3. The summed E-state index contributed by atoms with van der Waals surface area (Å²) in [6.07, 6.45) is 1.94. The van der Waals surface area contributed by atoms with Crippen LogP contribution in [0.5, 0.6) is 5.75 Å². The highest BCUT2D eigenvalue weighted by Crippen LogP contribution is 2.46. The van der Waals surface area contributed by atoms with Crippen molar-refractivity contribution in [1.82, 2.24) is 19.1 Å². The van der Waals surface area contributed by atoms with Crippen LogP contribution in [0, 0.1) is 0 Å². The standard InChI is InChI=1S/C62H52N4O/c1-61(2,3)45-38-50(59(67)51(39-45)62(4,5)6)60-64-58-48(29-20-32-55(58)66(60)52-30-18-16-27-47(52)41-23-12-8-13-24-41)43-35-42(40-21-10-7-11-22-40)36-44(37-43)57-56-49-28-17-19-31-53(49)65(54(56)33-34-63-57)46-25-14-9-15-26-46/h7-39,67H,1-6H3. The highest BCUT2D eigenvalue weighted by Gasteiger charge is 2.29. The van der Waals surface area contributed by atoms with Gasteiger partial charge in [-0.2, -0.15) is 0 Å². The fraction of sp³-hybridized carbons (Fsp3) is 0.129. The Labute approximate surface area is 392 Å². The highest BCUT2D eigenvalue weighted by molar-refractivity contribution is 6.15. The first-order valence-electron chi connectivity index (χ1n) is 23.1. The molecule has 8 aromatic carbocycles. The first-order valence-corrected chi connectivity index (χ1v) is 23.1. The van der Waals surface area contributed by atoms with Crippen LogP contribution in [0.15, 0.2) is 200 Å². The monoisotopic (exact) mass is 868 g/mol. The van der Waals surface area contributed by atoms with Gasteiger partial charge in [0.25, 0.3) is 0 Å². The molecule has 0 saturated heterocycles. The number of para-hydroxylation sites is 4. The van der Waals surface area contributed by atoms with Crippen LogP contribution in [0.4, 0.5) is 0 Å². The van der Waals surface area contributed by atoms with Gasteiger partial charge >= 0.3 is 0 Å². The first kappa shape index (κ1) is 41.7. The van der Waals surface area contributed by atoms with Gasteiger partial charge in [-0.05, 0) is 99.3 Å². The van der Waals surface area contributed by atoms with Crippen LogP contribution in [0.2, 0.25) is 0 Å². The van der Waals surface area contributed by atoms with Crippen molar-refractivity contribution in [3.8, 4) is 73.2 Å². The van der Waals surface area contributed by atoms with Crippen LogP contribution in [0.3, 0.4) is 0 Å². The lowest BCUT2D eigenvalue weighted by Gasteiger charge is -2.27. The molecule has 0 amide bonds. The average Bonchev–Trinajstić information content (AvgIpc) is 3.90. The van der Waals surface area contributed by atoms with Crippen molar-refractivity contribution in [1.29, 1.82) is 0 Å². The van der Waals surface area contributed by atoms with E-state index in [9.17, 15) is 5.11 Å². The van der Waals surface area contributed by atoms with Crippen LogP contribution >= 0.6 is 0 Å². The van der Waals surface area contributed by atoms with Gasteiger partial charge in [0.05, 0.1) is 39.0 Å². The number of benzene rings is 8. The Morgan fingerprint density at radius 1 is 0.448 bits per heavy atom. The number of fused-ring (bicyclic) bond motifs is 4. The minimum absolute atomic E-state index is 0.190. The molecule has 326 valence electrons. The molecule has 0 fully saturated rings. The van der Waals surface area contributed by atoms with E-state index in [1.54, 1.807) is 0 Å². The Balaban J connectivity index is 1.22. The number of hydrogen-bond donors (Lipinski definition) is 1. The van der Waals surface area contributed by atoms with E-state index in [-0.39, 0.29) is 16.6 Å². The predicted octanol–water partition coefficient (Wildman–Crippen LogP) is 16.2. The molecule has 3 heterocycles. The van der Waals surface area contributed by atoms with Crippen molar-refractivity contribution >= 4 is 32.8 Å².